The molecule has 2 aromatic heterocycles. The van der Waals surface area contributed by atoms with Crippen LogP contribution in [0.5, 0.6) is 0 Å². The van der Waals surface area contributed by atoms with Crippen LogP contribution in [-0.4, -0.2) is 59.7 Å². The van der Waals surface area contributed by atoms with E-state index in [0.717, 1.165) is 55.5 Å². The molecule has 1 atom stereocenters. The Balaban J connectivity index is 1.54. The Bertz CT molecular complexity index is 622. The van der Waals surface area contributed by atoms with Gasteiger partial charge < -0.3 is 9.64 Å². The zero-order chi connectivity index (χ0) is 14.2. The molecule has 2 aliphatic heterocycles. The number of hydrogen-bond donors (Lipinski definition) is 0. The molecule has 2 aliphatic rings. The van der Waals surface area contributed by atoms with Crippen molar-refractivity contribution in [3.63, 3.8) is 0 Å². The second-order valence-corrected chi connectivity index (χ2v) is 7.04. The van der Waals surface area contributed by atoms with Gasteiger partial charge in [0, 0.05) is 49.1 Å². The number of rotatable bonds is 3. The SMILES string of the molecule is BrCc1c(N2CCC(N3CCOCC3)C2)nc2sccn12. The summed E-state index contributed by atoms with van der Waals surface area (Å²) < 4.78 is 7.67. The lowest BCUT2D eigenvalue weighted by atomic mass is 10.2. The van der Waals surface area contributed by atoms with Gasteiger partial charge in [0.1, 0.15) is 0 Å². The number of imidazole rings is 1. The maximum Gasteiger partial charge on any atom is 0.195 e. The maximum atomic E-state index is 5.46. The molecular formula is C14H19BrN4OS. The summed E-state index contributed by atoms with van der Waals surface area (Å²) in [4.78, 5) is 11.0. The van der Waals surface area contributed by atoms with Crippen LogP contribution in [0.3, 0.4) is 0 Å². The Kier molecular flexibility index (Phi) is 3.91. The van der Waals surface area contributed by atoms with Gasteiger partial charge >= 0.3 is 0 Å². The lowest BCUT2D eigenvalue weighted by Crippen LogP contribution is -2.44. The van der Waals surface area contributed by atoms with E-state index in [0.29, 0.717) is 6.04 Å². The quantitative estimate of drug-likeness (QED) is 0.775. The third kappa shape index (κ3) is 2.50. The summed E-state index contributed by atoms with van der Waals surface area (Å²) in [5, 5.41) is 2.94. The highest BCUT2D eigenvalue weighted by atomic mass is 79.9. The van der Waals surface area contributed by atoms with Gasteiger partial charge in [-0.1, -0.05) is 15.9 Å². The Hall–Kier alpha value is -0.630. The molecular weight excluding hydrogens is 352 g/mol. The fourth-order valence-electron chi connectivity index (χ4n) is 3.37. The van der Waals surface area contributed by atoms with Crippen LogP contribution in [0, 0.1) is 0 Å². The third-order valence-corrected chi connectivity index (χ3v) is 5.78. The summed E-state index contributed by atoms with van der Waals surface area (Å²) in [7, 11) is 0. The zero-order valence-electron chi connectivity index (χ0n) is 11.9. The Morgan fingerprint density at radius 3 is 3.00 bits per heavy atom. The molecule has 2 saturated heterocycles. The second kappa shape index (κ2) is 5.87. The first-order valence-corrected chi connectivity index (χ1v) is 9.44. The Morgan fingerprint density at radius 1 is 1.33 bits per heavy atom. The molecule has 0 bridgehead atoms. The van der Waals surface area contributed by atoms with Gasteiger partial charge in [0.2, 0.25) is 0 Å². The van der Waals surface area contributed by atoms with E-state index in [-0.39, 0.29) is 0 Å². The van der Waals surface area contributed by atoms with Gasteiger partial charge in [0.15, 0.2) is 10.8 Å². The fourth-order valence-corrected chi connectivity index (χ4v) is 4.62. The molecule has 21 heavy (non-hydrogen) atoms. The number of halogens is 1. The van der Waals surface area contributed by atoms with Gasteiger partial charge in [-0.3, -0.25) is 9.30 Å². The van der Waals surface area contributed by atoms with Gasteiger partial charge in [-0.05, 0) is 6.42 Å². The molecule has 4 heterocycles. The highest BCUT2D eigenvalue weighted by Crippen LogP contribution is 2.30. The lowest BCUT2D eigenvalue weighted by Gasteiger charge is -2.32. The van der Waals surface area contributed by atoms with Crippen LogP contribution in [0.15, 0.2) is 11.6 Å². The first-order valence-electron chi connectivity index (χ1n) is 7.44. The van der Waals surface area contributed by atoms with E-state index in [1.54, 1.807) is 11.3 Å². The van der Waals surface area contributed by atoms with E-state index >= 15 is 0 Å². The van der Waals surface area contributed by atoms with Crippen LogP contribution < -0.4 is 4.90 Å². The predicted molar refractivity (Wildman–Crippen MR) is 88.7 cm³/mol. The number of hydrogen-bond acceptors (Lipinski definition) is 5. The monoisotopic (exact) mass is 370 g/mol. The Morgan fingerprint density at radius 2 is 2.19 bits per heavy atom. The van der Waals surface area contributed by atoms with Crippen molar-refractivity contribution < 1.29 is 4.74 Å². The van der Waals surface area contributed by atoms with E-state index < -0.39 is 0 Å². The number of thiazole rings is 1. The summed E-state index contributed by atoms with van der Waals surface area (Å²) in [6.45, 7) is 6.09. The molecule has 0 N–H and O–H groups in total. The van der Waals surface area contributed by atoms with Crippen LogP contribution in [-0.2, 0) is 10.1 Å². The van der Waals surface area contributed by atoms with Crippen molar-refractivity contribution in [1.29, 1.82) is 0 Å². The van der Waals surface area contributed by atoms with Gasteiger partial charge in [0.05, 0.1) is 18.9 Å². The molecule has 0 spiro atoms. The fraction of sp³-hybridized carbons (Fsp3) is 0.643. The molecule has 0 aliphatic carbocycles. The zero-order valence-corrected chi connectivity index (χ0v) is 14.3. The largest absolute Gasteiger partial charge is 0.379 e. The molecule has 7 heteroatoms. The van der Waals surface area contributed by atoms with Crippen molar-refractivity contribution >= 4 is 38.0 Å². The minimum Gasteiger partial charge on any atom is -0.379 e. The first-order chi connectivity index (χ1) is 10.4. The normalized spacial score (nSPS) is 24.2. The number of aromatic nitrogens is 2. The molecule has 0 amide bonds. The van der Waals surface area contributed by atoms with Crippen molar-refractivity contribution in [2.45, 2.75) is 17.8 Å². The van der Waals surface area contributed by atoms with E-state index in [1.807, 2.05) is 0 Å². The minimum absolute atomic E-state index is 0.650. The highest BCUT2D eigenvalue weighted by molar-refractivity contribution is 9.08. The first kappa shape index (κ1) is 14.0. The molecule has 0 radical (unpaired) electrons. The molecule has 114 valence electrons. The third-order valence-electron chi connectivity index (χ3n) is 4.49. The van der Waals surface area contributed by atoms with Crippen LogP contribution in [0.1, 0.15) is 12.1 Å². The number of morpholine rings is 1. The molecule has 0 saturated carbocycles. The lowest BCUT2D eigenvalue weighted by molar-refractivity contribution is 0.0209. The number of fused-ring (bicyclic) bond motifs is 1. The van der Waals surface area contributed by atoms with Gasteiger partial charge in [-0.2, -0.15) is 0 Å². The van der Waals surface area contributed by atoms with Gasteiger partial charge in [-0.25, -0.2) is 4.98 Å². The van der Waals surface area contributed by atoms with Crippen molar-refractivity contribution in [3.8, 4) is 0 Å². The van der Waals surface area contributed by atoms with Crippen LogP contribution in [0.4, 0.5) is 5.82 Å². The minimum atomic E-state index is 0.650. The average Bonchev–Trinajstić information content (AvgIpc) is 3.22. The smallest absolute Gasteiger partial charge is 0.195 e. The summed E-state index contributed by atoms with van der Waals surface area (Å²) in [6, 6.07) is 0.650. The summed E-state index contributed by atoms with van der Waals surface area (Å²) in [6.07, 6.45) is 3.34. The summed E-state index contributed by atoms with van der Waals surface area (Å²) in [5.74, 6) is 1.16. The van der Waals surface area contributed by atoms with Crippen molar-refractivity contribution in [2.24, 2.45) is 0 Å². The molecule has 4 rings (SSSR count). The standard InChI is InChI=1S/C14H19BrN4OS/c15-9-12-13(16-14-19(12)5-8-21-14)18-2-1-11(10-18)17-3-6-20-7-4-17/h5,8,11H,1-4,6-7,9-10H2. The average molecular weight is 371 g/mol. The highest BCUT2D eigenvalue weighted by Gasteiger charge is 2.31. The van der Waals surface area contributed by atoms with Gasteiger partial charge in [0.25, 0.3) is 0 Å². The molecule has 0 aromatic carbocycles. The number of anilines is 1. The number of alkyl halides is 1. The topological polar surface area (TPSA) is 33.0 Å². The number of nitrogens with zero attached hydrogens (tertiary/aromatic N) is 4. The maximum absolute atomic E-state index is 5.46. The molecule has 2 aromatic rings. The molecule has 1 unspecified atom stereocenters. The van der Waals surface area contributed by atoms with E-state index in [1.165, 1.54) is 12.1 Å². The second-order valence-electron chi connectivity index (χ2n) is 5.61. The number of ether oxygens (including phenoxy) is 1. The van der Waals surface area contributed by atoms with Crippen molar-refractivity contribution in [1.82, 2.24) is 14.3 Å². The Labute approximate surface area is 136 Å². The predicted octanol–water partition coefficient (Wildman–Crippen LogP) is 2.20. The van der Waals surface area contributed by atoms with Crippen LogP contribution in [0.25, 0.3) is 4.96 Å². The van der Waals surface area contributed by atoms with E-state index in [9.17, 15) is 0 Å². The van der Waals surface area contributed by atoms with E-state index in [4.69, 9.17) is 9.72 Å². The molecule has 2 fully saturated rings. The van der Waals surface area contributed by atoms with Gasteiger partial charge in [-0.15, -0.1) is 11.3 Å². The van der Waals surface area contributed by atoms with Crippen molar-refractivity contribution in [2.75, 3.05) is 44.3 Å². The molecule has 5 nitrogen and oxygen atoms in total. The summed E-state index contributed by atoms with van der Waals surface area (Å²) in [5.41, 5.74) is 1.27. The van der Waals surface area contributed by atoms with Crippen LogP contribution >= 0.6 is 27.3 Å². The van der Waals surface area contributed by atoms with Crippen molar-refractivity contribution in [3.05, 3.63) is 17.3 Å². The van der Waals surface area contributed by atoms with E-state index in [2.05, 4.69) is 41.7 Å². The summed E-state index contributed by atoms with van der Waals surface area (Å²) >= 11 is 5.33. The van der Waals surface area contributed by atoms with Crippen LogP contribution in [0.2, 0.25) is 0 Å².